The summed E-state index contributed by atoms with van der Waals surface area (Å²) in [6.45, 7) is 3.42. The van der Waals surface area contributed by atoms with E-state index in [0.717, 1.165) is 57.8 Å². The highest BCUT2D eigenvalue weighted by molar-refractivity contribution is 5.70. The van der Waals surface area contributed by atoms with Gasteiger partial charge in [0.2, 0.25) is 0 Å². The Bertz CT molecular complexity index is 1060. The predicted molar refractivity (Wildman–Crippen MR) is 252 cm³/mol. The topological polar surface area (TPSA) is 152 Å². The van der Waals surface area contributed by atoms with E-state index in [-0.39, 0.29) is 32.0 Å². The number of carbonyl (C=O) groups is 2. The van der Waals surface area contributed by atoms with Gasteiger partial charge in [0.1, 0.15) is 31.0 Å². The van der Waals surface area contributed by atoms with Crippen molar-refractivity contribution in [2.45, 2.75) is 275 Å². The van der Waals surface area contributed by atoms with Crippen LogP contribution in [0.5, 0.6) is 0 Å². The van der Waals surface area contributed by atoms with Crippen LogP contribution in [0.3, 0.4) is 0 Å². The number of aliphatic hydroxyl groups excluding tert-OH is 4. The fraction of sp³-hybridized carbons (Fsp3) is 0.885. The molecular weight excluding hydrogens is 785 g/mol. The number of rotatable bonds is 44. The van der Waals surface area contributed by atoms with E-state index in [9.17, 15) is 30.0 Å². The van der Waals surface area contributed by atoms with Crippen LogP contribution in [0.2, 0.25) is 0 Å². The summed E-state index contributed by atoms with van der Waals surface area (Å²) < 4.78 is 22.2. The van der Waals surface area contributed by atoms with Gasteiger partial charge in [-0.1, -0.05) is 212 Å². The van der Waals surface area contributed by atoms with Crippen molar-refractivity contribution in [3.8, 4) is 0 Å². The van der Waals surface area contributed by atoms with Crippen molar-refractivity contribution in [1.82, 2.24) is 0 Å². The van der Waals surface area contributed by atoms with Crippen LogP contribution in [-0.4, -0.2) is 89.0 Å². The molecule has 1 rings (SSSR count). The molecule has 2 unspecified atom stereocenters. The molecule has 0 amide bonds. The number of carbonyl (C=O) groups excluding carboxylic acids is 2. The Kier molecular flexibility index (Phi) is 40.4. The first-order valence-electron chi connectivity index (χ1n) is 25.9. The third kappa shape index (κ3) is 33.7. The fourth-order valence-electron chi connectivity index (χ4n) is 8.00. The van der Waals surface area contributed by atoms with Gasteiger partial charge in [-0.25, -0.2) is 0 Å². The zero-order valence-electron chi connectivity index (χ0n) is 39.9. The summed E-state index contributed by atoms with van der Waals surface area (Å²) in [5.74, 6) is -0.812. The molecule has 1 heterocycles. The number of aliphatic hydroxyl groups is 4. The summed E-state index contributed by atoms with van der Waals surface area (Å²) in [5.41, 5.74) is 0. The average Bonchev–Trinajstić information content (AvgIpc) is 3.27. The highest BCUT2D eigenvalue weighted by atomic mass is 16.7. The lowest BCUT2D eigenvalue weighted by molar-refractivity contribution is -0.305. The number of allylic oxidation sites excluding steroid dienone is 4. The molecule has 4 N–H and O–H groups in total. The normalized spacial score (nSPS) is 19.7. The second kappa shape index (κ2) is 43.1. The summed E-state index contributed by atoms with van der Waals surface area (Å²) in [7, 11) is 0. The molecule has 0 bridgehead atoms. The highest BCUT2D eigenvalue weighted by Gasteiger charge is 2.44. The SMILES string of the molecule is CCCCCC/C=C/C=C/CCCCCCCC(=O)OC[C@H](CO[C@@H]1O[C@H](CO)[C@H](O)C(O)C1O)OC(=O)CCCCCCCCCCCCCCCCCCCCCCCC. The molecule has 10 heteroatoms. The molecule has 1 aliphatic rings. The second-order valence-corrected chi connectivity index (χ2v) is 18.0. The third-order valence-corrected chi connectivity index (χ3v) is 12.1. The molecule has 62 heavy (non-hydrogen) atoms. The molecule has 0 saturated carbocycles. The lowest BCUT2D eigenvalue weighted by Crippen LogP contribution is -2.59. The minimum absolute atomic E-state index is 0.221. The number of hydrogen-bond acceptors (Lipinski definition) is 10. The zero-order valence-corrected chi connectivity index (χ0v) is 39.9. The molecule has 364 valence electrons. The molecule has 1 aliphatic heterocycles. The molecule has 1 saturated heterocycles. The minimum Gasteiger partial charge on any atom is -0.462 e. The van der Waals surface area contributed by atoms with Crippen LogP contribution in [0.25, 0.3) is 0 Å². The standard InChI is InChI=1S/C52H96O10/c1-3-5-7-9-11-13-15-17-19-20-21-22-23-24-25-27-29-31-33-35-37-39-41-48(55)61-45(44-60-52-51(58)50(57)49(56)46(42-53)62-52)43-59-47(54)40-38-36-34-32-30-28-26-18-16-14-12-10-8-6-4-2/h14,16,18,26,45-46,49-53,56-58H,3-13,15,17,19-25,27-44H2,1-2H3/b16-14+,26-18+/t45-,46-,49+,50?,51?,52-/m1/s1. The first-order valence-corrected chi connectivity index (χ1v) is 25.9. The van der Waals surface area contributed by atoms with E-state index in [1.165, 1.54) is 141 Å². The van der Waals surface area contributed by atoms with Gasteiger partial charge in [0.15, 0.2) is 12.4 Å². The lowest BCUT2D eigenvalue weighted by Gasteiger charge is -2.39. The molecule has 10 nitrogen and oxygen atoms in total. The van der Waals surface area contributed by atoms with Crippen molar-refractivity contribution in [3.05, 3.63) is 24.3 Å². The van der Waals surface area contributed by atoms with Crippen molar-refractivity contribution in [1.29, 1.82) is 0 Å². The van der Waals surface area contributed by atoms with E-state index in [1.54, 1.807) is 0 Å². The van der Waals surface area contributed by atoms with E-state index in [2.05, 4.69) is 38.2 Å². The smallest absolute Gasteiger partial charge is 0.306 e. The Morgan fingerprint density at radius 1 is 0.500 bits per heavy atom. The quantitative estimate of drug-likeness (QED) is 0.0264. The maximum absolute atomic E-state index is 12.8. The summed E-state index contributed by atoms with van der Waals surface area (Å²) in [4.78, 5) is 25.4. The van der Waals surface area contributed by atoms with Gasteiger partial charge in [0, 0.05) is 12.8 Å². The van der Waals surface area contributed by atoms with E-state index in [0.29, 0.717) is 12.8 Å². The number of esters is 2. The van der Waals surface area contributed by atoms with E-state index in [4.69, 9.17) is 18.9 Å². The van der Waals surface area contributed by atoms with E-state index >= 15 is 0 Å². The van der Waals surface area contributed by atoms with Crippen LogP contribution in [0.4, 0.5) is 0 Å². The Morgan fingerprint density at radius 3 is 1.32 bits per heavy atom. The summed E-state index contributed by atoms with van der Waals surface area (Å²) in [6, 6.07) is 0. The number of ether oxygens (including phenoxy) is 4. The second-order valence-electron chi connectivity index (χ2n) is 18.0. The van der Waals surface area contributed by atoms with Crippen molar-refractivity contribution < 1.29 is 49.0 Å². The minimum atomic E-state index is -1.60. The van der Waals surface area contributed by atoms with Gasteiger partial charge in [0.05, 0.1) is 13.2 Å². The Morgan fingerprint density at radius 2 is 0.887 bits per heavy atom. The first kappa shape index (κ1) is 58.2. The Hall–Kier alpha value is -1.82. The molecule has 0 spiro atoms. The average molecular weight is 881 g/mol. The molecule has 0 aliphatic carbocycles. The van der Waals surface area contributed by atoms with Crippen molar-refractivity contribution in [3.63, 3.8) is 0 Å². The van der Waals surface area contributed by atoms with Crippen LogP contribution in [0.1, 0.15) is 239 Å². The van der Waals surface area contributed by atoms with Crippen LogP contribution >= 0.6 is 0 Å². The maximum Gasteiger partial charge on any atom is 0.306 e. The van der Waals surface area contributed by atoms with Crippen LogP contribution < -0.4 is 0 Å². The Balaban J connectivity index is 2.24. The number of unbranched alkanes of at least 4 members (excludes halogenated alkanes) is 30. The fourth-order valence-corrected chi connectivity index (χ4v) is 8.00. The highest BCUT2D eigenvalue weighted by Crippen LogP contribution is 2.23. The van der Waals surface area contributed by atoms with Gasteiger partial charge in [-0.05, 0) is 38.5 Å². The van der Waals surface area contributed by atoms with Crippen molar-refractivity contribution in [2.24, 2.45) is 0 Å². The Labute approximate surface area is 379 Å². The lowest BCUT2D eigenvalue weighted by atomic mass is 9.99. The summed E-state index contributed by atoms with van der Waals surface area (Å²) in [6.07, 6.45) is 41.9. The molecule has 1 fully saturated rings. The van der Waals surface area contributed by atoms with Crippen LogP contribution in [-0.2, 0) is 28.5 Å². The maximum atomic E-state index is 12.8. The van der Waals surface area contributed by atoms with Gasteiger partial charge in [-0.15, -0.1) is 0 Å². The third-order valence-electron chi connectivity index (χ3n) is 12.1. The molecule has 0 radical (unpaired) electrons. The van der Waals surface area contributed by atoms with Crippen molar-refractivity contribution in [2.75, 3.05) is 19.8 Å². The summed E-state index contributed by atoms with van der Waals surface area (Å²) >= 11 is 0. The first-order chi connectivity index (χ1) is 30.3. The van der Waals surface area contributed by atoms with Gasteiger partial charge < -0.3 is 39.4 Å². The molecular formula is C52H96O10. The largest absolute Gasteiger partial charge is 0.462 e. The van der Waals surface area contributed by atoms with Crippen LogP contribution in [0, 0.1) is 0 Å². The van der Waals surface area contributed by atoms with E-state index in [1.807, 2.05) is 0 Å². The van der Waals surface area contributed by atoms with Crippen LogP contribution in [0.15, 0.2) is 24.3 Å². The summed E-state index contributed by atoms with van der Waals surface area (Å²) in [5, 5.41) is 40.2. The molecule has 6 atom stereocenters. The van der Waals surface area contributed by atoms with E-state index < -0.39 is 49.4 Å². The number of hydrogen-bond donors (Lipinski definition) is 4. The van der Waals surface area contributed by atoms with Gasteiger partial charge >= 0.3 is 11.9 Å². The molecule has 0 aromatic rings. The van der Waals surface area contributed by atoms with Crippen molar-refractivity contribution >= 4 is 11.9 Å². The zero-order chi connectivity index (χ0) is 45.1. The van der Waals surface area contributed by atoms with Gasteiger partial charge in [-0.2, -0.15) is 0 Å². The monoisotopic (exact) mass is 881 g/mol. The molecule has 0 aromatic heterocycles. The van der Waals surface area contributed by atoms with Gasteiger partial charge in [0.25, 0.3) is 0 Å². The predicted octanol–water partition coefficient (Wildman–Crippen LogP) is 12.1. The molecule has 0 aromatic carbocycles. The van der Waals surface area contributed by atoms with Gasteiger partial charge in [-0.3, -0.25) is 9.59 Å².